The Hall–Kier alpha value is -0.460. The van der Waals surface area contributed by atoms with Crippen LogP contribution in [-0.2, 0) is 11.4 Å². The van der Waals surface area contributed by atoms with E-state index in [1.165, 1.54) is 0 Å². The normalized spacial score (nSPS) is 29.7. The summed E-state index contributed by atoms with van der Waals surface area (Å²) in [6, 6.07) is -0.173. The number of carboxylic acid groups (broad SMARTS) is 1. The molecule has 0 bridgehead atoms. The Labute approximate surface area is 143 Å². The maximum atomic E-state index is 12.6. The summed E-state index contributed by atoms with van der Waals surface area (Å²) in [6.07, 6.45) is 2.40. The van der Waals surface area contributed by atoms with E-state index in [1.54, 1.807) is 4.90 Å². The number of hydrogen-bond acceptors (Lipinski definition) is 3. The average molecular weight is 345 g/mol. The quantitative estimate of drug-likeness (QED) is 0.770. The van der Waals surface area contributed by atoms with E-state index < -0.39 is 23.0 Å². The fourth-order valence-corrected chi connectivity index (χ4v) is 5.91. The maximum Gasteiger partial charge on any atom is 0.407 e. The van der Waals surface area contributed by atoms with Gasteiger partial charge >= 0.3 is 6.09 Å². The molecule has 1 heterocycles. The van der Waals surface area contributed by atoms with Crippen molar-refractivity contribution in [3.63, 3.8) is 0 Å². The van der Waals surface area contributed by atoms with Crippen LogP contribution in [0, 0.1) is 10.8 Å². The molecule has 2 rings (SSSR count). The van der Waals surface area contributed by atoms with Gasteiger partial charge in [-0.2, -0.15) is 0 Å². The molecule has 5 nitrogen and oxygen atoms in total. The van der Waals surface area contributed by atoms with Gasteiger partial charge in [-0.3, -0.25) is 4.90 Å². The van der Waals surface area contributed by atoms with Crippen LogP contribution in [0.4, 0.5) is 4.79 Å². The first-order valence-electron chi connectivity index (χ1n) is 8.48. The second kappa shape index (κ2) is 5.53. The van der Waals surface area contributed by atoms with Crippen molar-refractivity contribution in [1.29, 1.82) is 0 Å². The van der Waals surface area contributed by atoms with E-state index in [2.05, 4.69) is 25.5 Å². The van der Waals surface area contributed by atoms with Gasteiger partial charge in [-0.1, -0.05) is 27.2 Å². The standard InChI is InChI=1S/C17H32N2O3S/c1-12(18-23(22)15(5,6)7)17(14(2,3)4)16(9-8-10-16)11-19(17)13(20)21/h12,18H,8-11H2,1-7H3,(H,20,21)/t12-,17?,23+/m0/s1. The summed E-state index contributed by atoms with van der Waals surface area (Å²) in [5.74, 6) is 0. The van der Waals surface area contributed by atoms with Gasteiger partial charge in [0.1, 0.15) is 4.75 Å². The zero-order chi connectivity index (χ0) is 17.8. The van der Waals surface area contributed by atoms with Crippen LogP contribution in [0.1, 0.15) is 67.7 Å². The molecule has 1 amide bonds. The van der Waals surface area contributed by atoms with Crippen LogP contribution >= 0.6 is 0 Å². The van der Waals surface area contributed by atoms with Gasteiger partial charge in [0.15, 0.2) is 0 Å². The Morgan fingerprint density at radius 2 is 1.78 bits per heavy atom. The summed E-state index contributed by atoms with van der Waals surface area (Å²) in [5.41, 5.74) is -0.734. The SMILES string of the molecule is C[C@H](N[S@+]([O-])C(C)(C)C)C1(C(C)(C)C)N(C(=O)O)CC12CCC2. The summed E-state index contributed by atoms with van der Waals surface area (Å²) in [7, 11) is 0. The Kier molecular flexibility index (Phi) is 4.54. The Morgan fingerprint density at radius 1 is 1.26 bits per heavy atom. The van der Waals surface area contributed by atoms with Gasteiger partial charge in [0.2, 0.25) is 0 Å². The van der Waals surface area contributed by atoms with E-state index in [0.717, 1.165) is 19.3 Å². The molecule has 1 aliphatic carbocycles. The van der Waals surface area contributed by atoms with E-state index in [4.69, 9.17) is 0 Å². The van der Waals surface area contributed by atoms with Crippen molar-refractivity contribution < 1.29 is 14.5 Å². The van der Waals surface area contributed by atoms with Gasteiger partial charge in [-0.05, 0) is 46.0 Å². The number of likely N-dealkylation sites (tertiary alicyclic amines) is 1. The topological polar surface area (TPSA) is 75.6 Å². The lowest BCUT2D eigenvalue weighted by Crippen LogP contribution is -2.87. The van der Waals surface area contributed by atoms with Crippen LogP contribution in [0.3, 0.4) is 0 Å². The summed E-state index contributed by atoms with van der Waals surface area (Å²) < 4.78 is 15.5. The highest BCUT2D eigenvalue weighted by Gasteiger charge is 2.74. The van der Waals surface area contributed by atoms with Crippen LogP contribution in [0.25, 0.3) is 0 Å². The molecule has 0 aromatic carbocycles. The fraction of sp³-hybridized carbons (Fsp3) is 0.941. The minimum Gasteiger partial charge on any atom is -0.598 e. The molecular weight excluding hydrogens is 312 g/mol. The number of nitrogens with one attached hydrogen (secondary N) is 1. The summed E-state index contributed by atoms with van der Waals surface area (Å²) in [5, 5.41) is 9.75. The van der Waals surface area contributed by atoms with Crippen LogP contribution < -0.4 is 4.72 Å². The van der Waals surface area contributed by atoms with Crippen molar-refractivity contribution in [2.24, 2.45) is 10.8 Å². The maximum absolute atomic E-state index is 12.6. The van der Waals surface area contributed by atoms with Gasteiger partial charge < -0.3 is 9.66 Å². The van der Waals surface area contributed by atoms with E-state index in [0.29, 0.717) is 6.54 Å². The Balaban J connectivity index is 2.41. The zero-order valence-electron chi connectivity index (χ0n) is 15.5. The van der Waals surface area contributed by atoms with Crippen LogP contribution in [0.15, 0.2) is 0 Å². The molecule has 2 N–H and O–H groups in total. The van der Waals surface area contributed by atoms with Crippen LogP contribution in [0.2, 0.25) is 0 Å². The van der Waals surface area contributed by atoms with Crippen molar-refractivity contribution in [1.82, 2.24) is 9.62 Å². The van der Waals surface area contributed by atoms with Crippen molar-refractivity contribution in [2.75, 3.05) is 6.54 Å². The fourth-order valence-electron chi connectivity index (χ4n) is 5.07. The van der Waals surface area contributed by atoms with Crippen LogP contribution in [0.5, 0.6) is 0 Å². The molecule has 0 aromatic rings. The summed E-state index contributed by atoms with van der Waals surface area (Å²) in [4.78, 5) is 13.5. The highest BCUT2D eigenvalue weighted by atomic mass is 32.2. The third kappa shape index (κ3) is 2.57. The van der Waals surface area contributed by atoms with Gasteiger partial charge in [0.05, 0.1) is 11.6 Å². The highest BCUT2D eigenvalue weighted by Crippen LogP contribution is 2.66. The molecule has 1 unspecified atom stereocenters. The summed E-state index contributed by atoms with van der Waals surface area (Å²) >= 11 is -1.23. The van der Waals surface area contributed by atoms with Crippen LogP contribution in [-0.4, -0.2) is 43.5 Å². The van der Waals surface area contributed by atoms with Crippen molar-refractivity contribution >= 4 is 17.5 Å². The largest absolute Gasteiger partial charge is 0.598 e. The third-order valence-electron chi connectivity index (χ3n) is 5.85. The van der Waals surface area contributed by atoms with E-state index >= 15 is 0 Å². The first-order chi connectivity index (χ1) is 10.3. The van der Waals surface area contributed by atoms with Crippen molar-refractivity contribution in [3.05, 3.63) is 0 Å². The number of nitrogens with zero attached hydrogens (tertiary/aromatic N) is 1. The minimum atomic E-state index is -1.23. The highest BCUT2D eigenvalue weighted by molar-refractivity contribution is 7.90. The molecule has 1 spiro atoms. The third-order valence-corrected chi connectivity index (χ3v) is 7.53. The molecule has 6 heteroatoms. The number of rotatable bonds is 3. The molecule has 1 aliphatic heterocycles. The first kappa shape index (κ1) is 18.9. The summed E-state index contributed by atoms with van der Waals surface area (Å²) in [6.45, 7) is 14.7. The molecule has 134 valence electrons. The van der Waals surface area contributed by atoms with Gasteiger partial charge in [-0.15, -0.1) is 4.72 Å². The molecule has 0 aromatic heterocycles. The van der Waals surface area contributed by atoms with Crippen molar-refractivity contribution in [3.8, 4) is 0 Å². The predicted octanol–water partition coefficient (Wildman–Crippen LogP) is 3.38. The smallest absolute Gasteiger partial charge is 0.407 e. The Bertz CT molecular complexity index is 479. The van der Waals surface area contributed by atoms with Gasteiger partial charge in [-0.25, -0.2) is 4.79 Å². The average Bonchev–Trinajstić information content (AvgIpc) is 2.21. The lowest BCUT2D eigenvalue weighted by molar-refractivity contribution is -0.238. The van der Waals surface area contributed by atoms with Gasteiger partial charge in [0.25, 0.3) is 0 Å². The molecule has 1 saturated carbocycles. The molecule has 3 atom stereocenters. The number of carbonyl (C=O) groups is 1. The molecule has 23 heavy (non-hydrogen) atoms. The predicted molar refractivity (Wildman–Crippen MR) is 93.7 cm³/mol. The monoisotopic (exact) mass is 344 g/mol. The second-order valence-electron chi connectivity index (χ2n) is 9.24. The zero-order valence-corrected chi connectivity index (χ0v) is 16.3. The van der Waals surface area contributed by atoms with Gasteiger partial charge in [0, 0.05) is 23.3 Å². The van der Waals surface area contributed by atoms with E-state index in [9.17, 15) is 14.5 Å². The van der Waals surface area contributed by atoms with E-state index in [1.807, 2.05) is 27.7 Å². The lowest BCUT2D eigenvalue weighted by Gasteiger charge is -2.75. The van der Waals surface area contributed by atoms with Crippen molar-refractivity contribution in [2.45, 2.75) is 84.1 Å². The first-order valence-corrected chi connectivity index (χ1v) is 9.63. The molecule has 0 radical (unpaired) electrons. The molecular formula is C17H32N2O3S. The molecule has 2 fully saturated rings. The molecule has 1 saturated heterocycles. The number of amides is 1. The second-order valence-corrected chi connectivity index (χ2v) is 11.2. The molecule has 2 aliphatic rings. The van der Waals surface area contributed by atoms with E-state index in [-0.39, 0.29) is 21.6 Å². The lowest BCUT2D eigenvalue weighted by atomic mass is 9.42. The number of hydrogen-bond donors (Lipinski definition) is 2. The Morgan fingerprint density at radius 3 is 2.09 bits per heavy atom. The minimum absolute atomic E-state index is 0.0259.